The van der Waals surface area contributed by atoms with E-state index in [-0.39, 0.29) is 41.3 Å². The zero-order chi connectivity index (χ0) is 42.8. The minimum atomic E-state index is -5.04. The van der Waals surface area contributed by atoms with Crippen molar-refractivity contribution in [1.29, 1.82) is 0 Å². The summed E-state index contributed by atoms with van der Waals surface area (Å²) in [5.41, 5.74) is 6.61. The molecule has 20 nitrogen and oxygen atoms in total. The molecular formula is C40H40N12O8S2. The Labute approximate surface area is 357 Å². The van der Waals surface area contributed by atoms with Crippen molar-refractivity contribution in [2.24, 2.45) is 0 Å². The van der Waals surface area contributed by atoms with Crippen molar-refractivity contribution in [2.45, 2.75) is 9.79 Å². The molecule has 2 aliphatic heterocycles. The van der Waals surface area contributed by atoms with Crippen LogP contribution in [0.1, 0.15) is 11.1 Å². The molecular weight excluding hydrogens is 841 g/mol. The van der Waals surface area contributed by atoms with E-state index in [1.165, 1.54) is 18.2 Å². The van der Waals surface area contributed by atoms with Crippen LogP contribution >= 0.6 is 0 Å². The molecule has 62 heavy (non-hydrogen) atoms. The molecule has 2 aliphatic rings. The van der Waals surface area contributed by atoms with Crippen LogP contribution < -0.4 is 31.4 Å². The second-order valence-corrected chi connectivity index (χ2v) is 16.4. The number of aromatic nitrogens is 6. The van der Waals surface area contributed by atoms with E-state index >= 15 is 0 Å². The van der Waals surface area contributed by atoms with E-state index in [1.807, 2.05) is 52.3 Å². The van der Waals surface area contributed by atoms with Crippen molar-refractivity contribution < 1.29 is 34.9 Å². The Morgan fingerprint density at radius 2 is 0.952 bits per heavy atom. The minimum Gasteiger partial charge on any atom is -0.378 e. The maximum absolute atomic E-state index is 14.4. The van der Waals surface area contributed by atoms with Crippen molar-refractivity contribution in [3.8, 4) is 0 Å². The topological polar surface area (TPSA) is 237 Å². The van der Waals surface area contributed by atoms with Gasteiger partial charge in [0.2, 0.25) is 23.8 Å². The van der Waals surface area contributed by atoms with Crippen LogP contribution in [0.4, 0.5) is 47.1 Å². The van der Waals surface area contributed by atoms with Gasteiger partial charge in [-0.1, -0.05) is 91.0 Å². The van der Waals surface area contributed by atoms with E-state index in [2.05, 4.69) is 51.5 Å². The highest BCUT2D eigenvalue weighted by molar-refractivity contribution is 7.90. The first-order chi connectivity index (χ1) is 30.2. The number of nitrogens with zero attached hydrogens (tertiary/aromatic N) is 8. The molecule has 0 unspecified atom stereocenters. The molecule has 4 N–H and O–H groups in total. The van der Waals surface area contributed by atoms with E-state index in [0.29, 0.717) is 69.5 Å². The molecule has 0 bridgehead atoms. The van der Waals surface area contributed by atoms with Crippen molar-refractivity contribution in [3.63, 3.8) is 0 Å². The van der Waals surface area contributed by atoms with Gasteiger partial charge in [0.25, 0.3) is 11.9 Å². The maximum atomic E-state index is 14.4. The lowest BCUT2D eigenvalue weighted by Crippen LogP contribution is -2.37. The highest BCUT2D eigenvalue weighted by Gasteiger charge is 2.32. The summed E-state index contributed by atoms with van der Waals surface area (Å²) in [5, 5.41) is 6.16. The van der Waals surface area contributed by atoms with Gasteiger partial charge in [-0.25, -0.2) is 11.0 Å². The molecule has 2 saturated heterocycles. The summed E-state index contributed by atoms with van der Waals surface area (Å²) in [4.78, 5) is 28.7. The lowest BCUT2D eigenvalue weighted by molar-refractivity contribution is 0.122. The van der Waals surface area contributed by atoms with Crippen LogP contribution in [0.5, 0.6) is 0 Å². The van der Waals surface area contributed by atoms with Gasteiger partial charge in [-0.3, -0.25) is 0 Å². The Morgan fingerprint density at radius 1 is 0.500 bits per heavy atom. The molecule has 4 heterocycles. The average molecular weight is 881 g/mol. The number of hydrogen-bond acceptors (Lipinski definition) is 20. The summed E-state index contributed by atoms with van der Waals surface area (Å²) in [5.74, 6) is 0.0481. The van der Waals surface area contributed by atoms with Crippen molar-refractivity contribution in [2.75, 3.05) is 84.0 Å². The predicted octanol–water partition coefficient (Wildman–Crippen LogP) is 4.85. The maximum Gasteiger partial charge on any atom is 0.319 e. The van der Waals surface area contributed by atoms with E-state index in [1.54, 1.807) is 54.6 Å². The average Bonchev–Trinajstić information content (AvgIpc) is 3.31. The molecule has 0 radical (unpaired) electrons. The fourth-order valence-electron chi connectivity index (χ4n) is 6.19. The largest absolute Gasteiger partial charge is 0.378 e. The summed E-state index contributed by atoms with van der Waals surface area (Å²) in [6.07, 6.45) is 3.07. The van der Waals surface area contributed by atoms with Gasteiger partial charge in [0.05, 0.1) is 26.4 Å². The Kier molecular flexibility index (Phi) is 13.0. The molecule has 4 aromatic carbocycles. The number of rotatable bonds is 16. The highest BCUT2D eigenvalue weighted by Crippen LogP contribution is 2.31. The number of morpholine rings is 2. The fraction of sp³-hybridized carbons (Fsp3) is 0.200. The molecule has 0 aliphatic carbocycles. The third-order valence-electron chi connectivity index (χ3n) is 9.16. The third kappa shape index (κ3) is 10.7. The summed E-state index contributed by atoms with van der Waals surface area (Å²) in [7, 11) is -10.0. The lowest BCUT2D eigenvalue weighted by Gasteiger charge is -2.27. The Morgan fingerprint density at radius 3 is 1.45 bits per heavy atom. The van der Waals surface area contributed by atoms with Gasteiger partial charge in [0, 0.05) is 37.6 Å². The summed E-state index contributed by atoms with van der Waals surface area (Å²) >= 11 is 0. The second-order valence-electron chi connectivity index (χ2n) is 13.4. The SMILES string of the molecule is O=S(=O)(ONc1nc(Nc2ccccc2)nc(N2CCOCC2)n1)c1cccc(C=Cc2ccccc2)c1S(=O)(=O)ONc1nc(Nc2ccccc2)nc(N2CCOCC2)n1. The Balaban J connectivity index is 1.11. The van der Waals surface area contributed by atoms with Crippen LogP contribution in [-0.4, -0.2) is 99.3 Å². The molecule has 8 rings (SSSR count). The molecule has 0 amide bonds. The van der Waals surface area contributed by atoms with Gasteiger partial charge in [-0.2, -0.15) is 46.7 Å². The molecule has 0 atom stereocenters. The van der Waals surface area contributed by atoms with E-state index in [9.17, 15) is 16.8 Å². The van der Waals surface area contributed by atoms with Crippen LogP contribution in [-0.2, 0) is 38.3 Å². The quantitative estimate of drug-likeness (QED) is 0.0751. The van der Waals surface area contributed by atoms with Gasteiger partial charge in [0.1, 0.15) is 9.79 Å². The smallest absolute Gasteiger partial charge is 0.319 e. The third-order valence-corrected chi connectivity index (χ3v) is 11.7. The van der Waals surface area contributed by atoms with Crippen LogP contribution in [0.25, 0.3) is 12.2 Å². The van der Waals surface area contributed by atoms with Gasteiger partial charge in [0.15, 0.2) is 0 Å². The molecule has 0 saturated carbocycles. The number of anilines is 8. The normalized spacial score (nSPS) is 14.7. The van der Waals surface area contributed by atoms with Crippen molar-refractivity contribution >= 4 is 79.5 Å². The van der Waals surface area contributed by atoms with Crippen LogP contribution in [0.3, 0.4) is 0 Å². The van der Waals surface area contributed by atoms with Crippen LogP contribution in [0, 0.1) is 0 Å². The first-order valence-corrected chi connectivity index (χ1v) is 22.1. The predicted molar refractivity (Wildman–Crippen MR) is 231 cm³/mol. The Hall–Kier alpha value is -6.82. The molecule has 320 valence electrons. The second kappa shape index (κ2) is 19.3. The summed E-state index contributed by atoms with van der Waals surface area (Å²) < 4.78 is 78.6. The lowest BCUT2D eigenvalue weighted by atomic mass is 10.1. The number of benzene rings is 4. The molecule has 6 aromatic rings. The summed E-state index contributed by atoms with van der Waals surface area (Å²) in [6, 6.07) is 31.1. The standard InChI is InChI=1S/C40H40N12O8S2/c53-61(54,59-49-37-43-35(41-31-14-6-2-7-15-31)45-39(47-37)51-21-25-57-26-22-51)33-18-10-13-30(20-19-29-11-4-1-5-12-29)34(33)62(55,56)60-50-38-44-36(42-32-16-8-3-9-17-32)46-40(48-38)52-23-27-58-28-24-52/h1-20H,21-28H2,(H2,41,43,45,47,49)(H2,42,44,46,48,50). The summed E-state index contributed by atoms with van der Waals surface area (Å²) in [6.45, 7) is 3.58. The minimum absolute atomic E-state index is 0.0412. The zero-order valence-corrected chi connectivity index (χ0v) is 34.5. The Bertz CT molecular complexity index is 2710. The molecule has 2 fully saturated rings. The van der Waals surface area contributed by atoms with E-state index in [4.69, 9.17) is 18.0 Å². The number of ether oxygens (including phenoxy) is 2. The highest BCUT2D eigenvalue weighted by atomic mass is 32.2. The van der Waals surface area contributed by atoms with Crippen LogP contribution in [0.15, 0.2) is 119 Å². The van der Waals surface area contributed by atoms with E-state index < -0.39 is 30.0 Å². The van der Waals surface area contributed by atoms with E-state index in [0.717, 1.165) is 6.07 Å². The van der Waals surface area contributed by atoms with Gasteiger partial charge in [-0.15, -0.1) is 8.57 Å². The number of para-hydroxylation sites is 2. The van der Waals surface area contributed by atoms with Gasteiger partial charge < -0.3 is 29.9 Å². The van der Waals surface area contributed by atoms with Crippen molar-refractivity contribution in [3.05, 3.63) is 120 Å². The number of hydrogen-bond donors (Lipinski definition) is 4. The first-order valence-electron chi connectivity index (χ1n) is 19.3. The molecule has 2 aromatic heterocycles. The van der Waals surface area contributed by atoms with Gasteiger partial charge >= 0.3 is 20.2 Å². The zero-order valence-electron chi connectivity index (χ0n) is 32.9. The van der Waals surface area contributed by atoms with Gasteiger partial charge in [-0.05, 0) is 41.5 Å². The van der Waals surface area contributed by atoms with Crippen LogP contribution in [0.2, 0.25) is 0 Å². The fourth-order valence-corrected chi connectivity index (χ4v) is 8.68. The first kappa shape index (κ1) is 41.9. The molecule has 0 spiro atoms. The number of nitrogens with one attached hydrogen (secondary N) is 4. The van der Waals surface area contributed by atoms with Crippen molar-refractivity contribution in [1.82, 2.24) is 29.9 Å². The molecule has 22 heteroatoms. The monoisotopic (exact) mass is 880 g/mol.